The van der Waals surface area contributed by atoms with Crippen molar-refractivity contribution in [1.29, 1.82) is 0 Å². The number of aromatic nitrogens is 1. The van der Waals surface area contributed by atoms with Gasteiger partial charge in [-0.3, -0.25) is 9.59 Å². The van der Waals surface area contributed by atoms with Gasteiger partial charge in [0.1, 0.15) is 23.2 Å². The van der Waals surface area contributed by atoms with Crippen LogP contribution in [0.15, 0.2) is 36.5 Å². The van der Waals surface area contributed by atoms with Crippen molar-refractivity contribution >= 4 is 23.4 Å². The van der Waals surface area contributed by atoms with Crippen molar-refractivity contribution < 1.29 is 23.5 Å². The molecule has 1 aromatic carbocycles. The molecule has 2 aliphatic heterocycles. The highest BCUT2D eigenvalue weighted by molar-refractivity contribution is 6.30. The summed E-state index contributed by atoms with van der Waals surface area (Å²) < 4.78 is 24.6. The lowest BCUT2D eigenvalue weighted by molar-refractivity contribution is -0.139. The zero-order valence-electron chi connectivity index (χ0n) is 16.1. The van der Waals surface area contributed by atoms with Crippen LogP contribution in [0.4, 0.5) is 4.39 Å². The summed E-state index contributed by atoms with van der Waals surface area (Å²) in [4.78, 5) is 30.2. The monoisotopic (exact) mass is 433 g/mol. The van der Waals surface area contributed by atoms with Crippen LogP contribution in [0.5, 0.6) is 11.6 Å². The molecule has 2 atom stereocenters. The molecule has 2 aliphatic rings. The molecule has 2 amide bonds. The van der Waals surface area contributed by atoms with Gasteiger partial charge < -0.3 is 20.1 Å². The third-order valence-electron chi connectivity index (χ3n) is 5.51. The Labute approximate surface area is 177 Å². The second-order valence-corrected chi connectivity index (χ2v) is 7.95. The lowest BCUT2D eigenvalue weighted by Crippen LogP contribution is -2.50. The van der Waals surface area contributed by atoms with Crippen LogP contribution in [0, 0.1) is 5.82 Å². The van der Waals surface area contributed by atoms with Gasteiger partial charge in [0.2, 0.25) is 5.88 Å². The summed E-state index contributed by atoms with van der Waals surface area (Å²) in [5, 5.41) is 0.253. The van der Waals surface area contributed by atoms with Crippen LogP contribution >= 0.6 is 11.6 Å². The molecule has 4 rings (SSSR count). The number of ether oxygens (including phenoxy) is 2. The highest BCUT2D eigenvalue weighted by atomic mass is 35.5. The SMILES string of the molecule is NC(=O)c1cc(Cl)cnc1OCC(=O)N1C2CCC1CC(Oc1ccc(F)cc1)C2. The van der Waals surface area contributed by atoms with Crippen LogP contribution in [-0.4, -0.2) is 46.5 Å². The van der Waals surface area contributed by atoms with E-state index >= 15 is 0 Å². The minimum absolute atomic E-state index is 0.0119. The minimum atomic E-state index is -0.730. The second-order valence-electron chi connectivity index (χ2n) is 7.51. The number of hydrogen-bond acceptors (Lipinski definition) is 5. The van der Waals surface area contributed by atoms with Gasteiger partial charge in [0, 0.05) is 31.1 Å². The van der Waals surface area contributed by atoms with Gasteiger partial charge in [0.25, 0.3) is 11.8 Å². The smallest absolute Gasteiger partial charge is 0.261 e. The molecule has 0 aliphatic carbocycles. The topological polar surface area (TPSA) is 94.8 Å². The molecule has 2 aromatic rings. The molecule has 2 unspecified atom stereocenters. The Bertz CT molecular complexity index is 942. The Kier molecular flexibility index (Phi) is 5.76. The van der Waals surface area contributed by atoms with E-state index in [9.17, 15) is 14.0 Å². The van der Waals surface area contributed by atoms with E-state index in [1.54, 1.807) is 12.1 Å². The van der Waals surface area contributed by atoms with E-state index in [4.69, 9.17) is 26.8 Å². The van der Waals surface area contributed by atoms with Gasteiger partial charge in [0.05, 0.1) is 5.02 Å². The number of benzene rings is 1. The number of nitrogens with two attached hydrogens (primary N) is 1. The van der Waals surface area contributed by atoms with E-state index in [-0.39, 0.29) is 53.0 Å². The lowest BCUT2D eigenvalue weighted by atomic mass is 9.99. The number of amides is 2. The van der Waals surface area contributed by atoms with Crippen LogP contribution in [0.2, 0.25) is 5.02 Å². The zero-order valence-corrected chi connectivity index (χ0v) is 16.8. The number of hydrogen-bond donors (Lipinski definition) is 1. The number of rotatable bonds is 6. The molecule has 2 fully saturated rings. The zero-order chi connectivity index (χ0) is 21.3. The molecule has 2 bridgehead atoms. The maximum absolute atomic E-state index is 13.1. The lowest BCUT2D eigenvalue weighted by Gasteiger charge is -2.38. The number of pyridine rings is 1. The van der Waals surface area contributed by atoms with Gasteiger partial charge in [-0.2, -0.15) is 0 Å². The van der Waals surface area contributed by atoms with E-state index in [2.05, 4.69) is 4.98 Å². The number of carbonyl (C=O) groups is 2. The van der Waals surface area contributed by atoms with Crippen LogP contribution in [0.3, 0.4) is 0 Å². The molecule has 9 heteroatoms. The first-order valence-electron chi connectivity index (χ1n) is 9.72. The first kappa shape index (κ1) is 20.4. The van der Waals surface area contributed by atoms with E-state index in [1.165, 1.54) is 24.4 Å². The molecule has 7 nitrogen and oxygen atoms in total. The Morgan fingerprint density at radius 3 is 2.50 bits per heavy atom. The van der Waals surface area contributed by atoms with Crippen molar-refractivity contribution in [3.8, 4) is 11.6 Å². The number of piperidine rings is 1. The molecule has 0 saturated carbocycles. The summed E-state index contributed by atoms with van der Waals surface area (Å²) in [7, 11) is 0. The van der Waals surface area contributed by atoms with Crippen molar-refractivity contribution in [1.82, 2.24) is 9.88 Å². The summed E-state index contributed by atoms with van der Waals surface area (Å²) in [6.07, 6.45) is 4.49. The molecule has 30 heavy (non-hydrogen) atoms. The molecule has 2 N–H and O–H groups in total. The maximum atomic E-state index is 13.1. The number of carbonyl (C=O) groups excluding carboxylic acids is 2. The summed E-state index contributed by atoms with van der Waals surface area (Å²) in [6, 6.07) is 7.42. The Hall–Kier alpha value is -2.87. The Morgan fingerprint density at radius 1 is 1.20 bits per heavy atom. The average Bonchev–Trinajstić information content (AvgIpc) is 2.99. The highest BCUT2D eigenvalue weighted by Gasteiger charge is 2.44. The van der Waals surface area contributed by atoms with Crippen LogP contribution < -0.4 is 15.2 Å². The van der Waals surface area contributed by atoms with Crippen molar-refractivity contribution in [2.75, 3.05) is 6.61 Å². The Balaban J connectivity index is 1.37. The molecule has 0 spiro atoms. The van der Waals surface area contributed by atoms with Gasteiger partial charge in [-0.05, 0) is 43.2 Å². The highest BCUT2D eigenvalue weighted by Crippen LogP contribution is 2.37. The fraction of sp³-hybridized carbons (Fsp3) is 0.381. The summed E-state index contributed by atoms with van der Waals surface area (Å²) in [6.45, 7) is -0.245. The predicted molar refractivity (Wildman–Crippen MR) is 107 cm³/mol. The van der Waals surface area contributed by atoms with E-state index in [0.717, 1.165) is 12.8 Å². The third kappa shape index (κ3) is 4.33. The van der Waals surface area contributed by atoms with E-state index in [1.807, 2.05) is 4.90 Å². The average molecular weight is 434 g/mol. The van der Waals surface area contributed by atoms with Crippen LogP contribution in [0.25, 0.3) is 0 Å². The van der Waals surface area contributed by atoms with Crippen molar-refractivity contribution in [2.24, 2.45) is 5.73 Å². The first-order chi connectivity index (χ1) is 14.4. The molecule has 3 heterocycles. The summed E-state index contributed by atoms with van der Waals surface area (Å²) >= 11 is 5.84. The van der Waals surface area contributed by atoms with Crippen molar-refractivity contribution in [3.05, 3.63) is 52.9 Å². The Morgan fingerprint density at radius 2 is 1.87 bits per heavy atom. The predicted octanol–water partition coefficient (Wildman–Crippen LogP) is 2.95. The normalized spacial score (nSPS) is 22.6. The molecule has 2 saturated heterocycles. The molecule has 0 radical (unpaired) electrons. The third-order valence-corrected chi connectivity index (χ3v) is 5.72. The largest absolute Gasteiger partial charge is 0.490 e. The first-order valence-corrected chi connectivity index (χ1v) is 10.1. The standard InChI is InChI=1S/C21H21ClFN3O4/c22-12-7-18(20(24)28)21(25-10-12)29-11-19(27)26-14-3-4-15(26)9-17(8-14)30-16-5-1-13(23)2-6-16/h1-2,5-7,10,14-15,17H,3-4,8-9,11H2,(H2,24,28). The number of primary amides is 1. The molecular formula is C21H21ClFN3O4. The number of fused-ring (bicyclic) bond motifs is 2. The van der Waals surface area contributed by atoms with E-state index in [0.29, 0.717) is 18.6 Å². The minimum Gasteiger partial charge on any atom is -0.490 e. The van der Waals surface area contributed by atoms with Gasteiger partial charge in [-0.25, -0.2) is 9.37 Å². The number of halogens is 2. The number of nitrogens with zero attached hydrogens (tertiary/aromatic N) is 2. The fourth-order valence-corrected chi connectivity index (χ4v) is 4.42. The summed E-state index contributed by atoms with van der Waals surface area (Å²) in [5.41, 5.74) is 5.36. The quantitative estimate of drug-likeness (QED) is 0.755. The summed E-state index contributed by atoms with van der Waals surface area (Å²) in [5.74, 6) is -0.600. The van der Waals surface area contributed by atoms with Crippen molar-refractivity contribution in [3.63, 3.8) is 0 Å². The van der Waals surface area contributed by atoms with Gasteiger partial charge >= 0.3 is 0 Å². The van der Waals surface area contributed by atoms with Crippen LogP contribution in [-0.2, 0) is 4.79 Å². The molecule has 1 aromatic heterocycles. The van der Waals surface area contributed by atoms with Gasteiger partial charge in [-0.1, -0.05) is 11.6 Å². The van der Waals surface area contributed by atoms with Crippen LogP contribution in [0.1, 0.15) is 36.0 Å². The van der Waals surface area contributed by atoms with Gasteiger partial charge in [0.15, 0.2) is 6.61 Å². The second kappa shape index (κ2) is 8.47. The van der Waals surface area contributed by atoms with Crippen molar-refractivity contribution in [2.45, 2.75) is 43.9 Å². The molecular weight excluding hydrogens is 413 g/mol. The maximum Gasteiger partial charge on any atom is 0.261 e. The fourth-order valence-electron chi connectivity index (χ4n) is 4.26. The van der Waals surface area contributed by atoms with Gasteiger partial charge in [-0.15, -0.1) is 0 Å². The van der Waals surface area contributed by atoms with E-state index < -0.39 is 5.91 Å². The molecule has 158 valence electrons.